The van der Waals surface area contributed by atoms with Crippen LogP contribution in [-0.4, -0.2) is 51.7 Å². The molecule has 0 spiro atoms. The normalized spacial score (nSPS) is 17.2. The Balaban J connectivity index is 1.90. The number of hydrogen-bond donors (Lipinski definition) is 2. The number of rotatable bonds is 7. The molecule has 7 heteroatoms. The molecule has 0 saturated carbocycles. The van der Waals surface area contributed by atoms with Gasteiger partial charge < -0.3 is 10.2 Å². The zero-order chi connectivity index (χ0) is 17.6. The monoisotopic (exact) mass is 353 g/mol. The van der Waals surface area contributed by atoms with Gasteiger partial charge in [-0.15, -0.1) is 0 Å². The van der Waals surface area contributed by atoms with Gasteiger partial charge in [-0.05, 0) is 44.0 Å². The Morgan fingerprint density at radius 2 is 1.88 bits per heavy atom. The van der Waals surface area contributed by atoms with Gasteiger partial charge >= 0.3 is 0 Å². The van der Waals surface area contributed by atoms with Crippen LogP contribution in [0.25, 0.3) is 0 Å². The number of carbonyl (C=O) groups is 1. The number of anilines is 1. The van der Waals surface area contributed by atoms with Crippen molar-refractivity contribution in [2.45, 2.75) is 26.2 Å². The van der Waals surface area contributed by atoms with Gasteiger partial charge in [0.2, 0.25) is 10.0 Å². The fourth-order valence-corrected chi connectivity index (χ4v) is 3.56. The first-order valence-electron chi connectivity index (χ1n) is 8.42. The Kier molecular flexibility index (Phi) is 6.62. The lowest BCUT2D eigenvalue weighted by Crippen LogP contribution is -2.38. The largest absolute Gasteiger partial charge is 0.352 e. The summed E-state index contributed by atoms with van der Waals surface area (Å²) >= 11 is 0. The van der Waals surface area contributed by atoms with Gasteiger partial charge in [-0.1, -0.05) is 25.5 Å². The predicted molar refractivity (Wildman–Crippen MR) is 96.7 cm³/mol. The van der Waals surface area contributed by atoms with Crippen LogP contribution in [0.3, 0.4) is 0 Å². The van der Waals surface area contributed by atoms with Gasteiger partial charge in [-0.2, -0.15) is 0 Å². The summed E-state index contributed by atoms with van der Waals surface area (Å²) in [6.45, 7) is 5.94. The quantitative estimate of drug-likeness (QED) is 0.785. The Bertz CT molecular complexity index is 655. The van der Waals surface area contributed by atoms with Gasteiger partial charge in [-0.3, -0.25) is 9.52 Å². The summed E-state index contributed by atoms with van der Waals surface area (Å²) in [6, 6.07) is 6.63. The second-order valence-electron chi connectivity index (χ2n) is 6.60. The van der Waals surface area contributed by atoms with E-state index in [1.54, 1.807) is 24.3 Å². The van der Waals surface area contributed by atoms with E-state index in [0.29, 0.717) is 23.7 Å². The third-order valence-corrected chi connectivity index (χ3v) is 4.69. The van der Waals surface area contributed by atoms with E-state index in [-0.39, 0.29) is 5.91 Å². The van der Waals surface area contributed by atoms with Crippen LogP contribution in [-0.2, 0) is 10.0 Å². The fraction of sp³-hybridized carbons (Fsp3) is 0.588. The molecule has 2 rings (SSSR count). The molecule has 1 unspecified atom stereocenters. The van der Waals surface area contributed by atoms with Gasteiger partial charge in [-0.25, -0.2) is 8.42 Å². The average molecular weight is 353 g/mol. The number of amides is 1. The smallest absolute Gasteiger partial charge is 0.253 e. The van der Waals surface area contributed by atoms with Gasteiger partial charge in [0.15, 0.2) is 0 Å². The van der Waals surface area contributed by atoms with Gasteiger partial charge in [0.05, 0.1) is 17.5 Å². The number of carbonyl (C=O) groups excluding carboxylic acids is 1. The molecular weight excluding hydrogens is 326 g/mol. The Morgan fingerprint density at radius 3 is 2.54 bits per heavy atom. The molecule has 6 nitrogen and oxygen atoms in total. The molecule has 1 saturated heterocycles. The van der Waals surface area contributed by atoms with E-state index >= 15 is 0 Å². The first-order chi connectivity index (χ1) is 11.3. The zero-order valence-electron chi connectivity index (χ0n) is 14.4. The van der Waals surface area contributed by atoms with Crippen LogP contribution in [0.2, 0.25) is 0 Å². The maximum Gasteiger partial charge on any atom is 0.253 e. The predicted octanol–water partition coefficient (Wildman–Crippen LogP) is 1.91. The minimum atomic E-state index is -3.42. The molecule has 0 bridgehead atoms. The summed E-state index contributed by atoms with van der Waals surface area (Å²) in [5.74, 6) is 0.0920. The van der Waals surface area contributed by atoms with E-state index in [1.165, 1.54) is 19.3 Å². The van der Waals surface area contributed by atoms with E-state index in [9.17, 15) is 13.2 Å². The standard InChI is InChI=1S/C17H27N3O3S/c1-14(13-20-10-6-3-7-11-20)12-18-17(21)15-8-4-5-9-16(15)19-24(2,22)23/h4-5,8-9,14,19H,3,6-7,10-13H2,1-2H3,(H,18,21). The van der Waals surface area contributed by atoms with Crippen molar-refractivity contribution in [2.24, 2.45) is 5.92 Å². The summed E-state index contributed by atoms with van der Waals surface area (Å²) in [5.41, 5.74) is 0.647. The summed E-state index contributed by atoms with van der Waals surface area (Å²) in [4.78, 5) is 14.8. The maximum absolute atomic E-state index is 12.4. The molecule has 2 N–H and O–H groups in total. The highest BCUT2D eigenvalue weighted by atomic mass is 32.2. The number of nitrogens with one attached hydrogen (secondary N) is 2. The third-order valence-electron chi connectivity index (χ3n) is 4.10. The Hall–Kier alpha value is -1.60. The number of piperidine rings is 1. The molecule has 0 aliphatic carbocycles. The molecule has 134 valence electrons. The molecule has 0 radical (unpaired) electrons. The lowest BCUT2D eigenvalue weighted by molar-refractivity contribution is 0.0943. The number of para-hydroxylation sites is 1. The number of likely N-dealkylation sites (tertiary alicyclic amines) is 1. The summed E-state index contributed by atoms with van der Waals surface area (Å²) in [7, 11) is -3.42. The van der Waals surface area contributed by atoms with Crippen molar-refractivity contribution < 1.29 is 13.2 Å². The van der Waals surface area contributed by atoms with E-state index in [4.69, 9.17) is 0 Å². The van der Waals surface area contributed by atoms with Crippen molar-refractivity contribution in [3.05, 3.63) is 29.8 Å². The van der Waals surface area contributed by atoms with Crippen LogP contribution in [0.1, 0.15) is 36.5 Å². The minimum Gasteiger partial charge on any atom is -0.352 e. The highest BCUT2D eigenvalue weighted by molar-refractivity contribution is 7.92. The number of benzene rings is 1. The molecule has 1 heterocycles. The fourth-order valence-electron chi connectivity index (χ4n) is 2.98. The van der Waals surface area contributed by atoms with Crippen molar-refractivity contribution in [2.75, 3.05) is 37.2 Å². The Morgan fingerprint density at radius 1 is 1.21 bits per heavy atom. The first-order valence-corrected chi connectivity index (χ1v) is 10.3. The van der Waals surface area contributed by atoms with Crippen LogP contribution in [0.5, 0.6) is 0 Å². The SMILES string of the molecule is CC(CNC(=O)c1ccccc1NS(C)(=O)=O)CN1CCCCC1. The van der Waals surface area contributed by atoms with Gasteiger partial charge in [0, 0.05) is 13.1 Å². The topological polar surface area (TPSA) is 78.5 Å². The van der Waals surface area contributed by atoms with Crippen molar-refractivity contribution in [1.29, 1.82) is 0 Å². The molecule has 1 aromatic rings. The highest BCUT2D eigenvalue weighted by Gasteiger charge is 2.16. The molecule has 1 fully saturated rings. The maximum atomic E-state index is 12.4. The van der Waals surface area contributed by atoms with Crippen molar-refractivity contribution >= 4 is 21.6 Å². The molecule has 1 aromatic carbocycles. The number of hydrogen-bond acceptors (Lipinski definition) is 4. The van der Waals surface area contributed by atoms with Gasteiger partial charge in [0.25, 0.3) is 5.91 Å². The van der Waals surface area contributed by atoms with E-state index in [2.05, 4.69) is 21.9 Å². The summed E-state index contributed by atoms with van der Waals surface area (Å²) < 4.78 is 25.2. The van der Waals surface area contributed by atoms with Crippen molar-refractivity contribution in [3.8, 4) is 0 Å². The van der Waals surface area contributed by atoms with Crippen LogP contribution in [0.15, 0.2) is 24.3 Å². The summed E-state index contributed by atoms with van der Waals surface area (Å²) in [5, 5.41) is 2.91. The Labute approximate surface area is 144 Å². The molecule has 1 atom stereocenters. The van der Waals surface area contributed by atoms with Crippen molar-refractivity contribution in [1.82, 2.24) is 10.2 Å². The summed E-state index contributed by atoms with van der Waals surface area (Å²) in [6.07, 6.45) is 4.89. The lowest BCUT2D eigenvalue weighted by atomic mass is 10.1. The van der Waals surface area contributed by atoms with Crippen LogP contribution < -0.4 is 10.0 Å². The molecule has 24 heavy (non-hydrogen) atoms. The number of nitrogens with zero attached hydrogens (tertiary/aromatic N) is 1. The van der Waals surface area contributed by atoms with Crippen molar-refractivity contribution in [3.63, 3.8) is 0 Å². The van der Waals surface area contributed by atoms with E-state index in [1.807, 2.05) is 0 Å². The average Bonchev–Trinajstić information content (AvgIpc) is 2.52. The lowest BCUT2D eigenvalue weighted by Gasteiger charge is -2.29. The van der Waals surface area contributed by atoms with Crippen LogP contribution >= 0.6 is 0 Å². The second kappa shape index (κ2) is 8.48. The molecule has 1 aliphatic rings. The van der Waals surface area contributed by atoms with Gasteiger partial charge in [0.1, 0.15) is 0 Å². The van der Waals surface area contributed by atoms with Crippen LogP contribution in [0, 0.1) is 5.92 Å². The number of sulfonamides is 1. The van der Waals surface area contributed by atoms with E-state index in [0.717, 1.165) is 25.9 Å². The second-order valence-corrected chi connectivity index (χ2v) is 8.34. The molecule has 0 aromatic heterocycles. The molecular formula is C17H27N3O3S. The van der Waals surface area contributed by atoms with E-state index < -0.39 is 10.0 Å². The third kappa shape index (κ3) is 6.13. The van der Waals surface area contributed by atoms with Crippen LogP contribution in [0.4, 0.5) is 5.69 Å². The molecule has 1 aliphatic heterocycles. The highest BCUT2D eigenvalue weighted by Crippen LogP contribution is 2.16. The minimum absolute atomic E-state index is 0.257. The zero-order valence-corrected chi connectivity index (χ0v) is 15.2. The first kappa shape index (κ1) is 18.7. The molecule has 1 amide bonds.